The monoisotopic (exact) mass is 431 g/mol. The molecule has 26 heavy (non-hydrogen) atoms. The standard InChI is InChI=1S/C16H21ClF3N3OS.ClH/c1-2-25-13-4-3-11(17)9-12(13)15(24)22-10-14(16(18,19)20)23-7-5-21-6-8-23;/h3-4,9,14,21H,2,5-8,10H2,1H3,(H,22,24);1H. The topological polar surface area (TPSA) is 44.4 Å². The summed E-state index contributed by atoms with van der Waals surface area (Å²) in [6.45, 7) is 3.07. The summed E-state index contributed by atoms with van der Waals surface area (Å²) in [7, 11) is 0. The van der Waals surface area contributed by atoms with Crippen molar-refractivity contribution in [3.05, 3.63) is 28.8 Å². The zero-order chi connectivity index (χ0) is 18.4. The van der Waals surface area contributed by atoms with Gasteiger partial charge in [-0.1, -0.05) is 18.5 Å². The lowest BCUT2D eigenvalue weighted by atomic mass is 10.1. The summed E-state index contributed by atoms with van der Waals surface area (Å²) in [5.74, 6) is 0.205. The van der Waals surface area contributed by atoms with Crippen LogP contribution in [0.5, 0.6) is 0 Å². The molecule has 1 aromatic rings. The van der Waals surface area contributed by atoms with E-state index in [1.54, 1.807) is 12.1 Å². The van der Waals surface area contributed by atoms with Crippen LogP contribution in [0.4, 0.5) is 13.2 Å². The number of amides is 1. The first-order valence-electron chi connectivity index (χ1n) is 8.05. The molecule has 1 amide bonds. The molecule has 1 aliphatic heterocycles. The lowest BCUT2D eigenvalue weighted by molar-refractivity contribution is -0.183. The first-order chi connectivity index (χ1) is 11.8. The van der Waals surface area contributed by atoms with Crippen LogP contribution in [0.3, 0.4) is 0 Å². The highest BCUT2D eigenvalue weighted by atomic mass is 35.5. The van der Waals surface area contributed by atoms with E-state index in [1.165, 1.54) is 22.7 Å². The van der Waals surface area contributed by atoms with E-state index >= 15 is 0 Å². The molecular weight excluding hydrogens is 410 g/mol. The van der Waals surface area contributed by atoms with Crippen molar-refractivity contribution in [2.45, 2.75) is 24.0 Å². The molecule has 1 heterocycles. The van der Waals surface area contributed by atoms with E-state index in [0.717, 1.165) is 5.75 Å². The Bertz CT molecular complexity index is 599. The predicted molar refractivity (Wildman–Crippen MR) is 102 cm³/mol. The maximum absolute atomic E-state index is 13.4. The first-order valence-corrected chi connectivity index (χ1v) is 9.41. The van der Waals surface area contributed by atoms with Crippen molar-refractivity contribution in [3.63, 3.8) is 0 Å². The molecule has 0 radical (unpaired) electrons. The Morgan fingerprint density at radius 1 is 1.38 bits per heavy atom. The number of benzene rings is 1. The maximum atomic E-state index is 13.4. The fourth-order valence-corrected chi connectivity index (χ4v) is 3.65. The van der Waals surface area contributed by atoms with Crippen molar-refractivity contribution in [2.75, 3.05) is 38.5 Å². The van der Waals surface area contributed by atoms with Crippen molar-refractivity contribution in [1.29, 1.82) is 0 Å². The number of nitrogens with one attached hydrogen (secondary N) is 2. The molecular formula is C16H22Cl2F3N3OS. The Labute approximate surface area is 166 Å². The number of piperazine rings is 1. The number of carbonyl (C=O) groups excluding carboxylic acids is 1. The van der Waals surface area contributed by atoms with Crippen LogP contribution < -0.4 is 10.6 Å². The molecule has 1 aromatic carbocycles. The molecule has 0 aromatic heterocycles. The van der Waals surface area contributed by atoms with E-state index in [9.17, 15) is 18.0 Å². The zero-order valence-electron chi connectivity index (χ0n) is 14.2. The second kappa shape index (κ2) is 10.6. The van der Waals surface area contributed by atoms with Gasteiger partial charge in [-0.15, -0.1) is 24.2 Å². The third kappa shape index (κ3) is 6.49. The van der Waals surface area contributed by atoms with Gasteiger partial charge in [0, 0.05) is 42.6 Å². The molecule has 1 fully saturated rings. The number of rotatable bonds is 6. The summed E-state index contributed by atoms with van der Waals surface area (Å²) < 4.78 is 40.1. The van der Waals surface area contributed by atoms with Gasteiger partial charge in [0.2, 0.25) is 0 Å². The van der Waals surface area contributed by atoms with Gasteiger partial charge in [0.25, 0.3) is 5.91 Å². The predicted octanol–water partition coefficient (Wildman–Crippen LogP) is 3.44. The van der Waals surface area contributed by atoms with Gasteiger partial charge in [-0.25, -0.2) is 0 Å². The first kappa shape index (κ1) is 23.4. The van der Waals surface area contributed by atoms with Crippen LogP contribution in [0.1, 0.15) is 17.3 Å². The Morgan fingerprint density at radius 2 is 2.04 bits per heavy atom. The smallest absolute Gasteiger partial charge is 0.350 e. The fraction of sp³-hybridized carbons (Fsp3) is 0.562. The quantitative estimate of drug-likeness (QED) is 0.677. The van der Waals surface area contributed by atoms with Gasteiger partial charge in [-0.2, -0.15) is 13.2 Å². The van der Waals surface area contributed by atoms with Crippen molar-refractivity contribution < 1.29 is 18.0 Å². The summed E-state index contributed by atoms with van der Waals surface area (Å²) in [5.41, 5.74) is 0.306. The molecule has 1 saturated heterocycles. The van der Waals surface area contributed by atoms with Gasteiger partial charge in [0.1, 0.15) is 6.04 Å². The SMILES string of the molecule is CCSc1ccc(Cl)cc1C(=O)NCC(N1CCNCC1)C(F)(F)F.Cl. The lowest BCUT2D eigenvalue weighted by Crippen LogP contribution is -2.57. The summed E-state index contributed by atoms with van der Waals surface area (Å²) in [6, 6.07) is 3.17. The normalized spacial score (nSPS) is 16.7. The summed E-state index contributed by atoms with van der Waals surface area (Å²) in [6.07, 6.45) is -4.40. The van der Waals surface area contributed by atoms with Gasteiger partial charge in [-0.05, 0) is 24.0 Å². The largest absolute Gasteiger partial charge is 0.405 e. The van der Waals surface area contributed by atoms with Gasteiger partial charge >= 0.3 is 6.18 Å². The maximum Gasteiger partial charge on any atom is 0.405 e. The van der Waals surface area contributed by atoms with Crippen LogP contribution >= 0.6 is 35.8 Å². The summed E-state index contributed by atoms with van der Waals surface area (Å²) >= 11 is 7.38. The van der Waals surface area contributed by atoms with E-state index in [4.69, 9.17) is 11.6 Å². The molecule has 1 aliphatic rings. The van der Waals surface area contributed by atoms with Crippen LogP contribution in [0.2, 0.25) is 5.02 Å². The van der Waals surface area contributed by atoms with Crippen molar-refractivity contribution >= 4 is 41.7 Å². The molecule has 0 aliphatic carbocycles. The lowest BCUT2D eigenvalue weighted by Gasteiger charge is -2.36. The Kier molecular flexibility index (Phi) is 9.54. The molecule has 10 heteroatoms. The van der Waals surface area contributed by atoms with Gasteiger partial charge in [0.05, 0.1) is 5.56 Å². The number of carbonyl (C=O) groups is 1. The van der Waals surface area contributed by atoms with Crippen LogP contribution in [0.15, 0.2) is 23.1 Å². The second-order valence-corrected chi connectivity index (χ2v) is 7.37. The average Bonchev–Trinajstić information content (AvgIpc) is 2.56. The number of alkyl halides is 3. The molecule has 0 bridgehead atoms. The zero-order valence-corrected chi connectivity index (χ0v) is 16.6. The van der Waals surface area contributed by atoms with E-state index in [1.807, 2.05) is 6.92 Å². The van der Waals surface area contributed by atoms with E-state index in [-0.39, 0.29) is 12.4 Å². The summed E-state index contributed by atoms with van der Waals surface area (Å²) in [5, 5.41) is 5.84. The molecule has 2 N–H and O–H groups in total. The van der Waals surface area contributed by atoms with Crippen LogP contribution in [0.25, 0.3) is 0 Å². The molecule has 0 spiro atoms. The molecule has 0 saturated carbocycles. The molecule has 148 valence electrons. The number of thioether (sulfide) groups is 1. The van der Waals surface area contributed by atoms with Crippen molar-refractivity contribution in [2.24, 2.45) is 0 Å². The number of halogens is 5. The van der Waals surface area contributed by atoms with Crippen molar-refractivity contribution in [3.8, 4) is 0 Å². The van der Waals surface area contributed by atoms with Gasteiger partial charge < -0.3 is 10.6 Å². The van der Waals surface area contributed by atoms with E-state index in [2.05, 4.69) is 10.6 Å². The minimum atomic E-state index is -4.40. The third-order valence-electron chi connectivity index (χ3n) is 3.91. The fourth-order valence-electron chi connectivity index (χ4n) is 2.69. The highest BCUT2D eigenvalue weighted by Crippen LogP contribution is 2.27. The molecule has 1 unspecified atom stereocenters. The molecule has 1 atom stereocenters. The number of nitrogens with zero attached hydrogens (tertiary/aromatic N) is 1. The Hall–Kier alpha value is -0.670. The minimum absolute atomic E-state index is 0. The van der Waals surface area contributed by atoms with Crippen molar-refractivity contribution in [1.82, 2.24) is 15.5 Å². The number of hydrogen-bond acceptors (Lipinski definition) is 4. The highest BCUT2D eigenvalue weighted by Gasteiger charge is 2.43. The molecule has 4 nitrogen and oxygen atoms in total. The molecule has 2 rings (SSSR count). The average molecular weight is 432 g/mol. The second-order valence-electron chi connectivity index (χ2n) is 5.63. The van der Waals surface area contributed by atoms with Gasteiger partial charge in [0.15, 0.2) is 0 Å². The van der Waals surface area contributed by atoms with Crippen LogP contribution in [0, 0.1) is 0 Å². The van der Waals surface area contributed by atoms with E-state index < -0.39 is 24.7 Å². The Balaban J connectivity index is 0.00000338. The van der Waals surface area contributed by atoms with Gasteiger partial charge in [-0.3, -0.25) is 9.69 Å². The third-order valence-corrected chi connectivity index (χ3v) is 5.10. The summed E-state index contributed by atoms with van der Waals surface area (Å²) in [4.78, 5) is 14.5. The van der Waals surface area contributed by atoms with E-state index in [0.29, 0.717) is 41.7 Å². The Morgan fingerprint density at radius 3 is 2.62 bits per heavy atom. The number of hydrogen-bond donors (Lipinski definition) is 2. The highest BCUT2D eigenvalue weighted by molar-refractivity contribution is 7.99. The van der Waals surface area contributed by atoms with Crippen LogP contribution in [-0.2, 0) is 0 Å². The van der Waals surface area contributed by atoms with Crippen LogP contribution in [-0.4, -0.2) is 61.5 Å². The minimum Gasteiger partial charge on any atom is -0.350 e.